The number of nitrogens with two attached hydrogens (primary N) is 1. The summed E-state index contributed by atoms with van der Waals surface area (Å²) in [6.07, 6.45) is 0.213. The van der Waals surface area contributed by atoms with Crippen molar-refractivity contribution in [2.45, 2.75) is 39.3 Å². The second kappa shape index (κ2) is 7.46. The average molecular weight is 319 g/mol. The second-order valence-corrected chi connectivity index (χ2v) is 6.28. The summed E-state index contributed by atoms with van der Waals surface area (Å²) in [6, 6.07) is 7.15. The number of benzene rings is 1. The molecular formula is C17H25N3O3. The molecule has 2 atom stereocenters. The predicted octanol–water partition coefficient (Wildman–Crippen LogP) is 1.29. The topological polar surface area (TPSA) is 84.7 Å². The summed E-state index contributed by atoms with van der Waals surface area (Å²) in [4.78, 5) is 26.1. The molecule has 1 aromatic carbocycles. The third-order valence-corrected chi connectivity index (χ3v) is 3.78. The predicted molar refractivity (Wildman–Crippen MR) is 89.3 cm³/mol. The molecule has 1 aromatic rings. The Kier molecular flexibility index (Phi) is 5.60. The number of anilines is 1. The van der Waals surface area contributed by atoms with E-state index >= 15 is 0 Å². The lowest BCUT2D eigenvalue weighted by atomic mass is 10.0. The molecule has 3 N–H and O–H groups in total. The first-order valence-electron chi connectivity index (χ1n) is 7.98. The summed E-state index contributed by atoms with van der Waals surface area (Å²) in [5.41, 5.74) is 6.34. The highest BCUT2D eigenvalue weighted by Gasteiger charge is 2.32. The van der Waals surface area contributed by atoms with Gasteiger partial charge in [-0.2, -0.15) is 0 Å². The number of fused-ring (bicyclic) bond motifs is 1. The van der Waals surface area contributed by atoms with Crippen molar-refractivity contribution < 1.29 is 14.3 Å². The molecule has 0 saturated heterocycles. The van der Waals surface area contributed by atoms with Crippen LogP contribution in [0.4, 0.5) is 5.69 Å². The molecular weight excluding hydrogens is 294 g/mol. The fourth-order valence-corrected chi connectivity index (χ4v) is 2.72. The van der Waals surface area contributed by atoms with Crippen molar-refractivity contribution in [1.82, 2.24) is 5.32 Å². The van der Waals surface area contributed by atoms with Crippen molar-refractivity contribution in [2.75, 3.05) is 18.0 Å². The third kappa shape index (κ3) is 4.22. The molecule has 0 bridgehead atoms. The molecule has 0 fully saturated rings. The number of hydrogen-bond donors (Lipinski definition) is 2. The maximum atomic E-state index is 12.4. The zero-order valence-electron chi connectivity index (χ0n) is 13.9. The largest absolute Gasteiger partial charge is 0.479 e. The van der Waals surface area contributed by atoms with Gasteiger partial charge in [-0.1, -0.05) is 26.0 Å². The van der Waals surface area contributed by atoms with Crippen LogP contribution in [0.3, 0.4) is 0 Å². The molecule has 23 heavy (non-hydrogen) atoms. The first-order valence-corrected chi connectivity index (χ1v) is 7.98. The molecule has 0 aromatic heterocycles. The van der Waals surface area contributed by atoms with E-state index in [1.54, 1.807) is 19.1 Å². The standard InChI is InChI=1S/C17H25N3O3/c1-11(2)8-13(9-18)19-16(21)10-20-14-6-4-5-7-15(14)23-12(3)17(20)22/h4-7,11-13H,8-10,18H2,1-3H3,(H,19,21). The Labute approximate surface area is 137 Å². The van der Waals surface area contributed by atoms with Gasteiger partial charge in [-0.25, -0.2) is 0 Å². The minimum Gasteiger partial charge on any atom is -0.479 e. The van der Waals surface area contributed by atoms with Gasteiger partial charge in [0.2, 0.25) is 5.91 Å². The van der Waals surface area contributed by atoms with Gasteiger partial charge in [0, 0.05) is 12.6 Å². The van der Waals surface area contributed by atoms with Gasteiger partial charge >= 0.3 is 0 Å². The van der Waals surface area contributed by atoms with Gasteiger partial charge in [0.15, 0.2) is 6.10 Å². The molecule has 6 nitrogen and oxygen atoms in total. The van der Waals surface area contributed by atoms with Crippen LogP contribution in [0.25, 0.3) is 0 Å². The smallest absolute Gasteiger partial charge is 0.268 e. The van der Waals surface area contributed by atoms with Crippen LogP contribution in [-0.2, 0) is 9.59 Å². The van der Waals surface area contributed by atoms with E-state index in [9.17, 15) is 9.59 Å². The number of amides is 2. The maximum absolute atomic E-state index is 12.4. The van der Waals surface area contributed by atoms with Gasteiger partial charge < -0.3 is 15.8 Å². The molecule has 1 aliphatic rings. The van der Waals surface area contributed by atoms with Crippen molar-refractivity contribution in [3.8, 4) is 5.75 Å². The van der Waals surface area contributed by atoms with Gasteiger partial charge in [-0.05, 0) is 31.4 Å². The van der Waals surface area contributed by atoms with Gasteiger partial charge in [-0.15, -0.1) is 0 Å². The van der Waals surface area contributed by atoms with E-state index in [0.717, 1.165) is 6.42 Å². The summed E-state index contributed by atoms with van der Waals surface area (Å²) in [6.45, 7) is 6.20. The van der Waals surface area contributed by atoms with Crippen LogP contribution in [0.1, 0.15) is 27.2 Å². The lowest BCUT2D eigenvalue weighted by Gasteiger charge is -2.32. The van der Waals surface area contributed by atoms with Crippen LogP contribution < -0.4 is 20.7 Å². The minimum absolute atomic E-state index is 0.0296. The maximum Gasteiger partial charge on any atom is 0.268 e. The number of nitrogens with one attached hydrogen (secondary N) is 1. The Bertz CT molecular complexity index is 574. The molecule has 126 valence electrons. The summed E-state index contributed by atoms with van der Waals surface area (Å²) in [7, 11) is 0. The number of carbonyl (C=O) groups excluding carboxylic acids is 2. The highest BCUT2D eigenvalue weighted by atomic mass is 16.5. The summed E-state index contributed by atoms with van der Waals surface area (Å²) < 4.78 is 5.57. The van der Waals surface area contributed by atoms with Crippen LogP contribution in [0.2, 0.25) is 0 Å². The number of ether oxygens (including phenoxy) is 1. The Balaban J connectivity index is 2.09. The van der Waals surface area contributed by atoms with Gasteiger partial charge in [-0.3, -0.25) is 14.5 Å². The third-order valence-electron chi connectivity index (χ3n) is 3.78. The number of para-hydroxylation sites is 2. The van der Waals surface area contributed by atoms with E-state index in [4.69, 9.17) is 10.5 Å². The van der Waals surface area contributed by atoms with Crippen molar-refractivity contribution in [3.05, 3.63) is 24.3 Å². The SMILES string of the molecule is CC(C)CC(CN)NC(=O)CN1C(=O)C(C)Oc2ccccc21. The molecule has 1 aliphatic heterocycles. The average Bonchev–Trinajstić information content (AvgIpc) is 2.50. The number of rotatable bonds is 6. The quantitative estimate of drug-likeness (QED) is 0.827. The second-order valence-electron chi connectivity index (χ2n) is 6.28. The highest BCUT2D eigenvalue weighted by Crippen LogP contribution is 2.33. The molecule has 2 unspecified atom stereocenters. The van der Waals surface area contributed by atoms with Crippen LogP contribution >= 0.6 is 0 Å². The van der Waals surface area contributed by atoms with Crippen molar-refractivity contribution in [1.29, 1.82) is 0 Å². The lowest BCUT2D eigenvalue weighted by molar-refractivity contribution is -0.128. The molecule has 2 amide bonds. The van der Waals surface area contributed by atoms with E-state index in [1.165, 1.54) is 4.90 Å². The summed E-state index contributed by atoms with van der Waals surface area (Å²) in [5, 5.41) is 2.91. The first-order chi connectivity index (χ1) is 10.9. The summed E-state index contributed by atoms with van der Waals surface area (Å²) in [5.74, 6) is 0.630. The Morgan fingerprint density at radius 3 is 2.74 bits per heavy atom. The molecule has 0 aliphatic carbocycles. The molecule has 1 heterocycles. The minimum atomic E-state index is -0.598. The van der Waals surface area contributed by atoms with Gasteiger partial charge in [0.1, 0.15) is 12.3 Å². The Hall–Kier alpha value is -2.08. The van der Waals surface area contributed by atoms with E-state index in [1.807, 2.05) is 12.1 Å². The fraction of sp³-hybridized carbons (Fsp3) is 0.529. The monoisotopic (exact) mass is 319 g/mol. The van der Waals surface area contributed by atoms with E-state index in [2.05, 4.69) is 19.2 Å². The summed E-state index contributed by atoms with van der Waals surface area (Å²) >= 11 is 0. The van der Waals surface area contributed by atoms with Gasteiger partial charge in [0.25, 0.3) is 5.91 Å². The Morgan fingerprint density at radius 1 is 1.39 bits per heavy atom. The van der Waals surface area contributed by atoms with Crippen molar-refractivity contribution in [3.63, 3.8) is 0 Å². The van der Waals surface area contributed by atoms with Crippen LogP contribution in [-0.4, -0.2) is 37.0 Å². The molecule has 0 saturated carbocycles. The number of nitrogens with zero attached hydrogens (tertiary/aromatic N) is 1. The van der Waals surface area contributed by atoms with E-state index in [0.29, 0.717) is 23.9 Å². The highest BCUT2D eigenvalue weighted by molar-refractivity contribution is 6.03. The van der Waals surface area contributed by atoms with Crippen LogP contribution in [0, 0.1) is 5.92 Å². The van der Waals surface area contributed by atoms with Gasteiger partial charge in [0.05, 0.1) is 5.69 Å². The normalized spacial score (nSPS) is 18.4. The number of carbonyl (C=O) groups is 2. The molecule has 6 heteroatoms. The Morgan fingerprint density at radius 2 is 2.09 bits per heavy atom. The van der Waals surface area contributed by atoms with E-state index < -0.39 is 6.10 Å². The van der Waals surface area contributed by atoms with Crippen molar-refractivity contribution >= 4 is 17.5 Å². The molecule has 0 radical (unpaired) electrons. The first kappa shape index (κ1) is 17.3. The van der Waals surface area contributed by atoms with Crippen molar-refractivity contribution in [2.24, 2.45) is 11.7 Å². The molecule has 2 rings (SSSR count). The van der Waals surface area contributed by atoms with Crippen LogP contribution in [0.15, 0.2) is 24.3 Å². The fourth-order valence-electron chi connectivity index (χ4n) is 2.72. The molecule has 0 spiro atoms. The van der Waals surface area contributed by atoms with E-state index in [-0.39, 0.29) is 24.4 Å². The van der Waals surface area contributed by atoms with Crippen LogP contribution in [0.5, 0.6) is 5.75 Å². The lowest BCUT2D eigenvalue weighted by Crippen LogP contribution is -2.51. The zero-order valence-corrected chi connectivity index (χ0v) is 13.9. The number of hydrogen-bond acceptors (Lipinski definition) is 4. The zero-order chi connectivity index (χ0) is 17.0.